The van der Waals surface area contributed by atoms with E-state index in [4.69, 9.17) is 0 Å². The molecule has 0 bridgehead atoms. The summed E-state index contributed by atoms with van der Waals surface area (Å²) >= 11 is 1.62. The maximum absolute atomic E-state index is 4.36. The predicted molar refractivity (Wildman–Crippen MR) is 67.3 cm³/mol. The molecule has 16 heavy (non-hydrogen) atoms. The van der Waals surface area contributed by atoms with Crippen LogP contribution in [-0.2, 0) is 0 Å². The second-order valence-electron chi connectivity index (χ2n) is 3.50. The van der Waals surface area contributed by atoms with Crippen LogP contribution in [0.15, 0.2) is 53.5 Å². The van der Waals surface area contributed by atoms with Gasteiger partial charge in [0.1, 0.15) is 0 Å². The monoisotopic (exact) mass is 226 g/mol. The molecule has 2 aromatic heterocycles. The lowest BCUT2D eigenvalue weighted by Crippen LogP contribution is -1.84. The fourth-order valence-electron chi connectivity index (χ4n) is 1.78. The van der Waals surface area contributed by atoms with E-state index in [0.29, 0.717) is 0 Å². The van der Waals surface area contributed by atoms with Crippen LogP contribution in [-0.4, -0.2) is 9.97 Å². The van der Waals surface area contributed by atoms with Crippen LogP contribution in [0.4, 0.5) is 0 Å². The summed E-state index contributed by atoms with van der Waals surface area (Å²) < 4.78 is 0. The second kappa shape index (κ2) is 3.94. The summed E-state index contributed by atoms with van der Waals surface area (Å²) in [5.41, 5.74) is 6.39. The van der Waals surface area contributed by atoms with Gasteiger partial charge in [-0.3, -0.25) is 0 Å². The largest absolute Gasteiger partial charge is 0.361 e. The maximum atomic E-state index is 4.36. The van der Waals surface area contributed by atoms with E-state index >= 15 is 0 Å². The van der Waals surface area contributed by atoms with Gasteiger partial charge in [-0.05, 0) is 12.1 Å². The van der Waals surface area contributed by atoms with Gasteiger partial charge in [0, 0.05) is 28.4 Å². The second-order valence-corrected chi connectivity index (χ2v) is 4.22. The molecule has 0 atom stereocenters. The van der Waals surface area contributed by atoms with Gasteiger partial charge in [0.05, 0.1) is 11.2 Å². The average molecular weight is 226 g/mol. The van der Waals surface area contributed by atoms with Crippen molar-refractivity contribution < 1.29 is 0 Å². The third-order valence-electron chi connectivity index (χ3n) is 2.52. The van der Waals surface area contributed by atoms with E-state index in [1.807, 2.05) is 29.9 Å². The molecule has 0 saturated heterocycles. The summed E-state index contributed by atoms with van der Waals surface area (Å²) in [6.07, 6.45) is 1.94. The SMILES string of the molecule is c1c[nH]c(-c2ccccc2-c2cscn2)c1. The van der Waals surface area contributed by atoms with Crippen molar-refractivity contribution in [3.05, 3.63) is 53.5 Å². The highest BCUT2D eigenvalue weighted by Gasteiger charge is 2.08. The lowest BCUT2D eigenvalue weighted by atomic mass is 10.0. The van der Waals surface area contributed by atoms with E-state index in [1.165, 1.54) is 11.1 Å². The molecule has 3 rings (SSSR count). The third kappa shape index (κ3) is 1.55. The lowest BCUT2D eigenvalue weighted by molar-refractivity contribution is 1.37. The van der Waals surface area contributed by atoms with Crippen molar-refractivity contribution in [2.24, 2.45) is 0 Å². The number of rotatable bonds is 2. The first-order valence-corrected chi connectivity index (χ1v) is 6.01. The minimum absolute atomic E-state index is 1.04. The van der Waals surface area contributed by atoms with Crippen molar-refractivity contribution >= 4 is 11.3 Å². The van der Waals surface area contributed by atoms with Gasteiger partial charge < -0.3 is 4.98 Å². The maximum Gasteiger partial charge on any atom is 0.0817 e. The van der Waals surface area contributed by atoms with Crippen LogP contribution in [0, 0.1) is 0 Å². The number of nitrogens with zero attached hydrogens (tertiary/aromatic N) is 1. The van der Waals surface area contributed by atoms with Crippen LogP contribution in [0.5, 0.6) is 0 Å². The fourth-order valence-corrected chi connectivity index (χ4v) is 2.34. The van der Waals surface area contributed by atoms with Crippen molar-refractivity contribution in [2.75, 3.05) is 0 Å². The normalized spacial score (nSPS) is 10.5. The molecule has 0 spiro atoms. The summed E-state index contributed by atoms with van der Waals surface area (Å²) in [4.78, 5) is 7.59. The Kier molecular flexibility index (Phi) is 2.31. The molecule has 0 radical (unpaired) electrons. The number of hydrogen-bond acceptors (Lipinski definition) is 2. The highest BCUT2D eigenvalue weighted by atomic mass is 32.1. The number of nitrogens with one attached hydrogen (secondary N) is 1. The zero-order valence-corrected chi connectivity index (χ0v) is 9.37. The number of aromatic nitrogens is 2. The quantitative estimate of drug-likeness (QED) is 0.707. The summed E-state index contributed by atoms with van der Waals surface area (Å²) in [6.45, 7) is 0. The summed E-state index contributed by atoms with van der Waals surface area (Å²) in [7, 11) is 0. The average Bonchev–Trinajstić information content (AvgIpc) is 3.03. The van der Waals surface area contributed by atoms with Crippen molar-refractivity contribution in [1.82, 2.24) is 9.97 Å². The first-order chi connectivity index (χ1) is 7.95. The summed E-state index contributed by atoms with van der Waals surface area (Å²) in [5, 5.41) is 2.07. The Morgan fingerprint density at radius 2 is 1.88 bits per heavy atom. The molecule has 3 heteroatoms. The molecule has 78 valence electrons. The van der Waals surface area contributed by atoms with Gasteiger partial charge in [0.2, 0.25) is 0 Å². The molecule has 0 aliphatic carbocycles. The van der Waals surface area contributed by atoms with Crippen molar-refractivity contribution in [2.45, 2.75) is 0 Å². The van der Waals surface area contributed by atoms with Gasteiger partial charge >= 0.3 is 0 Å². The van der Waals surface area contributed by atoms with E-state index in [1.54, 1.807) is 11.3 Å². The van der Waals surface area contributed by atoms with Crippen LogP contribution in [0.2, 0.25) is 0 Å². The zero-order valence-electron chi connectivity index (χ0n) is 8.55. The molecule has 1 aromatic carbocycles. The molecule has 0 aliphatic rings. The van der Waals surface area contributed by atoms with Gasteiger partial charge in [0.15, 0.2) is 0 Å². The summed E-state index contributed by atoms with van der Waals surface area (Å²) in [6, 6.07) is 12.4. The Morgan fingerprint density at radius 1 is 1.00 bits per heavy atom. The molecule has 0 fully saturated rings. The molecule has 3 aromatic rings. The first-order valence-electron chi connectivity index (χ1n) is 5.06. The molecular weight excluding hydrogens is 216 g/mol. The van der Waals surface area contributed by atoms with Gasteiger partial charge in [-0.15, -0.1) is 11.3 Å². The van der Waals surface area contributed by atoms with Gasteiger partial charge in [-0.1, -0.05) is 24.3 Å². The van der Waals surface area contributed by atoms with Gasteiger partial charge in [0.25, 0.3) is 0 Å². The molecule has 0 saturated carbocycles. The first kappa shape index (κ1) is 9.36. The standard InChI is InChI=1S/C13H10N2S/c1-2-5-11(13-8-16-9-15-13)10(4-1)12-6-3-7-14-12/h1-9,14H. The molecule has 2 nitrogen and oxygen atoms in total. The van der Waals surface area contributed by atoms with E-state index < -0.39 is 0 Å². The Labute approximate surface area is 97.6 Å². The lowest BCUT2D eigenvalue weighted by Gasteiger charge is -2.05. The van der Waals surface area contributed by atoms with Crippen molar-refractivity contribution in [3.8, 4) is 22.5 Å². The fraction of sp³-hybridized carbons (Fsp3) is 0. The molecule has 0 amide bonds. The molecule has 2 heterocycles. The highest BCUT2D eigenvalue weighted by Crippen LogP contribution is 2.30. The van der Waals surface area contributed by atoms with Crippen LogP contribution >= 0.6 is 11.3 Å². The molecular formula is C13H10N2S. The minimum Gasteiger partial charge on any atom is -0.361 e. The smallest absolute Gasteiger partial charge is 0.0817 e. The molecule has 0 unspecified atom stereocenters. The van der Waals surface area contributed by atoms with Gasteiger partial charge in [-0.25, -0.2) is 4.98 Å². The van der Waals surface area contributed by atoms with Crippen LogP contribution in [0.3, 0.4) is 0 Å². The van der Waals surface area contributed by atoms with Crippen LogP contribution < -0.4 is 0 Å². The van der Waals surface area contributed by atoms with Crippen molar-refractivity contribution in [1.29, 1.82) is 0 Å². The van der Waals surface area contributed by atoms with Crippen LogP contribution in [0.1, 0.15) is 0 Å². The summed E-state index contributed by atoms with van der Waals surface area (Å²) in [5.74, 6) is 0. The van der Waals surface area contributed by atoms with Gasteiger partial charge in [-0.2, -0.15) is 0 Å². The molecule has 0 aliphatic heterocycles. The van der Waals surface area contributed by atoms with Crippen LogP contribution in [0.25, 0.3) is 22.5 Å². The van der Waals surface area contributed by atoms with Crippen molar-refractivity contribution in [3.63, 3.8) is 0 Å². The number of hydrogen-bond donors (Lipinski definition) is 1. The molecule has 1 N–H and O–H groups in total. The number of thiazole rings is 1. The number of H-pyrrole nitrogens is 1. The Balaban J connectivity index is 2.19. The Morgan fingerprint density at radius 3 is 2.56 bits per heavy atom. The zero-order chi connectivity index (χ0) is 10.8. The van der Waals surface area contributed by atoms with E-state index in [2.05, 4.69) is 33.5 Å². The topological polar surface area (TPSA) is 28.7 Å². The Bertz CT molecular complexity index is 515. The minimum atomic E-state index is 1.04. The number of aromatic amines is 1. The van der Waals surface area contributed by atoms with E-state index in [0.717, 1.165) is 11.4 Å². The Hall–Kier alpha value is -1.87. The third-order valence-corrected chi connectivity index (χ3v) is 3.11. The van der Waals surface area contributed by atoms with E-state index in [-0.39, 0.29) is 0 Å². The van der Waals surface area contributed by atoms with E-state index in [9.17, 15) is 0 Å². The predicted octanol–water partition coefficient (Wildman–Crippen LogP) is 3.81. The number of benzene rings is 1. The highest BCUT2D eigenvalue weighted by molar-refractivity contribution is 7.07.